The van der Waals surface area contributed by atoms with Gasteiger partial charge in [-0.1, -0.05) is 11.6 Å². The average Bonchev–Trinajstić information content (AvgIpc) is 2.80. The van der Waals surface area contributed by atoms with Crippen molar-refractivity contribution in [3.8, 4) is 11.5 Å². The lowest BCUT2D eigenvalue weighted by molar-refractivity contribution is 0.338. The molecule has 0 aliphatic heterocycles. The lowest BCUT2D eigenvalue weighted by Gasteiger charge is -2.10. The Morgan fingerprint density at radius 3 is 2.32 bits per heavy atom. The quantitative estimate of drug-likeness (QED) is 0.307. The summed E-state index contributed by atoms with van der Waals surface area (Å²) in [5.41, 5.74) is 10.7. The van der Waals surface area contributed by atoms with Crippen LogP contribution < -0.4 is 20.4 Å². The van der Waals surface area contributed by atoms with Gasteiger partial charge in [-0.2, -0.15) is 18.6 Å². The van der Waals surface area contributed by atoms with Crippen LogP contribution in [0.1, 0.15) is 18.2 Å². The summed E-state index contributed by atoms with van der Waals surface area (Å²) in [7, 11) is -2.51. The number of nitrogens with two attached hydrogens (primary N) is 2. The predicted molar refractivity (Wildman–Crippen MR) is 108 cm³/mol. The largest absolute Gasteiger partial charge is 0.494 e. The van der Waals surface area contributed by atoms with Crippen LogP contribution in [0.3, 0.4) is 0 Å². The Bertz CT molecular complexity index is 968. The summed E-state index contributed by atoms with van der Waals surface area (Å²) in [6, 6.07) is 4.93. The smallest absolute Gasteiger partial charge is 0.344 e. The topological polar surface area (TPSA) is 147 Å². The Kier molecular flexibility index (Phi) is 8.26. The number of halogens is 1. The van der Waals surface area contributed by atoms with Crippen molar-refractivity contribution in [2.75, 3.05) is 6.61 Å². The number of nitrogens with zero attached hydrogens (tertiary/aromatic N) is 4. The van der Waals surface area contributed by atoms with E-state index in [1.54, 1.807) is 26.1 Å². The zero-order valence-electron chi connectivity index (χ0n) is 16.0. The molecule has 0 atom stereocenters. The molecule has 12 heteroatoms. The molecular formula is C16H23ClN6O4S. The maximum atomic E-state index is 12.4. The number of rotatable bonds is 6. The molecule has 0 fully saturated rings. The Labute approximate surface area is 168 Å². The van der Waals surface area contributed by atoms with Gasteiger partial charge >= 0.3 is 10.1 Å². The van der Waals surface area contributed by atoms with Gasteiger partial charge in [0, 0.05) is 19.8 Å². The van der Waals surface area contributed by atoms with Crippen molar-refractivity contribution in [3.05, 3.63) is 34.6 Å². The van der Waals surface area contributed by atoms with Crippen molar-refractivity contribution in [1.82, 2.24) is 9.78 Å². The summed E-state index contributed by atoms with van der Waals surface area (Å²) in [5, 5.41) is 10.1. The van der Waals surface area contributed by atoms with Gasteiger partial charge in [-0.05, 0) is 38.5 Å². The van der Waals surface area contributed by atoms with Crippen molar-refractivity contribution >= 4 is 34.4 Å². The molecule has 0 spiro atoms. The number of aromatic nitrogens is 2. The molecule has 2 rings (SSSR count). The second-order valence-electron chi connectivity index (χ2n) is 5.45. The molecular weight excluding hydrogens is 408 g/mol. The fraction of sp³-hybridized carbons (Fsp3) is 0.312. The first-order valence-corrected chi connectivity index (χ1v) is 9.73. The molecule has 0 unspecified atom stereocenters. The van der Waals surface area contributed by atoms with E-state index in [4.69, 9.17) is 32.0 Å². The molecule has 28 heavy (non-hydrogen) atoms. The highest BCUT2D eigenvalue weighted by Gasteiger charge is 2.27. The van der Waals surface area contributed by atoms with Gasteiger partial charge in [-0.3, -0.25) is 4.68 Å². The first-order valence-electron chi connectivity index (χ1n) is 7.94. The molecule has 0 saturated heterocycles. The lowest BCUT2D eigenvalue weighted by atomic mass is 10.2. The molecule has 0 saturated carbocycles. The molecule has 0 amide bonds. The van der Waals surface area contributed by atoms with Crippen LogP contribution >= 0.6 is 11.6 Å². The number of guanidine groups is 1. The first-order chi connectivity index (χ1) is 13.0. The Morgan fingerprint density at radius 2 is 1.89 bits per heavy atom. The summed E-state index contributed by atoms with van der Waals surface area (Å²) in [6.07, 6.45) is 0. The molecule has 0 bridgehead atoms. The van der Waals surface area contributed by atoms with Gasteiger partial charge in [0.05, 0.1) is 12.3 Å². The SMILES string of the molecule is C=NN=C(N)N.CCOc1cc(C)cc(OS(=O)(=O)c2c(C)nn(C)c2Cl)c1. The van der Waals surface area contributed by atoms with Crippen LogP contribution in [-0.2, 0) is 17.2 Å². The highest BCUT2D eigenvalue weighted by molar-refractivity contribution is 7.87. The van der Waals surface area contributed by atoms with Crippen LogP contribution in [0.25, 0.3) is 0 Å². The minimum atomic E-state index is -4.07. The van der Waals surface area contributed by atoms with E-state index in [1.807, 2.05) is 13.8 Å². The van der Waals surface area contributed by atoms with Crippen LogP contribution in [0.15, 0.2) is 33.3 Å². The first kappa shape index (κ1) is 23.2. The van der Waals surface area contributed by atoms with E-state index in [0.29, 0.717) is 12.4 Å². The standard InChI is InChI=1S/C14H17ClN2O4S.C2H6N4/c1-5-20-11-6-9(2)7-12(8-11)21-22(18,19)13-10(3)16-17(4)14(13)15;1-5-6-2(3)4/h6-8H,5H2,1-4H3;1H2,(H4,3,4,6). The van der Waals surface area contributed by atoms with Crippen LogP contribution in [0, 0.1) is 13.8 Å². The third-order valence-corrected chi connectivity index (χ3v) is 5.02. The normalized spacial score (nSPS) is 10.5. The molecule has 1 aromatic heterocycles. The molecule has 0 aliphatic carbocycles. The van der Waals surface area contributed by atoms with Crippen molar-refractivity contribution in [2.24, 2.45) is 28.7 Å². The van der Waals surface area contributed by atoms with Gasteiger partial charge < -0.3 is 20.4 Å². The van der Waals surface area contributed by atoms with E-state index in [2.05, 4.69) is 22.0 Å². The molecule has 1 heterocycles. The summed E-state index contributed by atoms with van der Waals surface area (Å²) >= 11 is 5.99. The van der Waals surface area contributed by atoms with Crippen LogP contribution in [0.4, 0.5) is 0 Å². The Balaban J connectivity index is 0.000000568. The average molecular weight is 431 g/mol. The molecule has 0 radical (unpaired) electrons. The van der Waals surface area contributed by atoms with Crippen LogP contribution in [0.2, 0.25) is 5.15 Å². The second kappa shape index (κ2) is 9.95. The summed E-state index contributed by atoms with van der Waals surface area (Å²) in [6.45, 7) is 8.71. The fourth-order valence-electron chi connectivity index (χ4n) is 2.16. The highest BCUT2D eigenvalue weighted by atomic mass is 35.5. The molecule has 10 nitrogen and oxygen atoms in total. The van der Waals surface area contributed by atoms with Crippen molar-refractivity contribution in [2.45, 2.75) is 25.7 Å². The number of benzene rings is 1. The minimum absolute atomic E-state index is 0.00943. The summed E-state index contributed by atoms with van der Waals surface area (Å²) in [5.74, 6) is 0.648. The van der Waals surface area contributed by atoms with Crippen molar-refractivity contribution < 1.29 is 17.3 Å². The van der Waals surface area contributed by atoms with E-state index < -0.39 is 10.1 Å². The lowest BCUT2D eigenvalue weighted by Crippen LogP contribution is -2.21. The van der Waals surface area contributed by atoms with Gasteiger partial charge in [0.1, 0.15) is 16.7 Å². The maximum absolute atomic E-state index is 12.4. The fourth-order valence-corrected chi connectivity index (χ4v) is 3.79. The molecule has 154 valence electrons. The number of hydrogen-bond donors (Lipinski definition) is 2. The monoisotopic (exact) mass is 430 g/mol. The molecule has 0 aliphatic rings. The summed E-state index contributed by atoms with van der Waals surface area (Å²) in [4.78, 5) is -0.129. The minimum Gasteiger partial charge on any atom is -0.494 e. The third-order valence-electron chi connectivity index (χ3n) is 3.08. The zero-order chi connectivity index (χ0) is 21.5. The molecule has 4 N–H and O–H groups in total. The van der Waals surface area contributed by atoms with E-state index in [-0.39, 0.29) is 27.5 Å². The van der Waals surface area contributed by atoms with Gasteiger partial charge in [0.25, 0.3) is 0 Å². The number of hydrogen-bond acceptors (Lipinski definition) is 7. The van der Waals surface area contributed by atoms with Crippen molar-refractivity contribution in [3.63, 3.8) is 0 Å². The number of aryl methyl sites for hydroxylation is 3. The van der Waals surface area contributed by atoms with E-state index in [0.717, 1.165) is 5.56 Å². The predicted octanol–water partition coefficient (Wildman–Crippen LogP) is 1.73. The van der Waals surface area contributed by atoms with Crippen LogP contribution in [0.5, 0.6) is 11.5 Å². The number of ether oxygens (including phenoxy) is 1. The van der Waals surface area contributed by atoms with Crippen LogP contribution in [-0.4, -0.2) is 37.5 Å². The van der Waals surface area contributed by atoms with Gasteiger partial charge in [0.15, 0.2) is 4.90 Å². The summed E-state index contributed by atoms with van der Waals surface area (Å²) < 4.78 is 36.7. The van der Waals surface area contributed by atoms with Gasteiger partial charge in [-0.15, -0.1) is 5.10 Å². The van der Waals surface area contributed by atoms with Gasteiger partial charge in [0.2, 0.25) is 5.96 Å². The second-order valence-corrected chi connectivity index (χ2v) is 7.29. The Morgan fingerprint density at radius 1 is 1.29 bits per heavy atom. The maximum Gasteiger partial charge on any atom is 0.344 e. The third kappa shape index (κ3) is 6.43. The molecule has 1 aromatic carbocycles. The van der Waals surface area contributed by atoms with Gasteiger partial charge in [-0.25, -0.2) is 0 Å². The van der Waals surface area contributed by atoms with Crippen molar-refractivity contribution in [1.29, 1.82) is 0 Å². The van der Waals surface area contributed by atoms with E-state index >= 15 is 0 Å². The van der Waals surface area contributed by atoms with E-state index in [9.17, 15) is 8.42 Å². The molecule has 2 aromatic rings. The zero-order valence-corrected chi connectivity index (χ0v) is 17.6. The highest BCUT2D eigenvalue weighted by Crippen LogP contribution is 2.29. The van der Waals surface area contributed by atoms with E-state index in [1.165, 1.54) is 10.7 Å². The Hall–Kier alpha value is -2.79.